The lowest BCUT2D eigenvalue weighted by molar-refractivity contribution is 0.0939. The molecular formula is C18H19NO5S. The molecule has 0 aliphatic carbocycles. The molecule has 1 atom stereocenters. The van der Waals surface area contributed by atoms with Gasteiger partial charge in [-0.3, -0.25) is 4.79 Å². The van der Waals surface area contributed by atoms with Gasteiger partial charge in [-0.1, -0.05) is 6.07 Å². The molecule has 1 N–H and O–H groups in total. The van der Waals surface area contributed by atoms with Crippen LogP contribution in [0.3, 0.4) is 0 Å². The predicted molar refractivity (Wildman–Crippen MR) is 92.9 cm³/mol. The number of fused-ring (bicyclic) bond motifs is 1. The standard InChI is InChI=1S/C18H19NO5S/c1-12(14-5-8-16-17(11-14)24-10-9-23-16)19-18(20)13-3-6-15(7-4-13)25(2,21)22/h3-8,11-12H,9-10H2,1-2H3,(H,19,20). The molecule has 3 rings (SSSR count). The third-order valence-electron chi connectivity index (χ3n) is 3.96. The summed E-state index contributed by atoms with van der Waals surface area (Å²) in [4.78, 5) is 12.5. The van der Waals surface area contributed by atoms with Crippen LogP contribution in [-0.2, 0) is 9.84 Å². The summed E-state index contributed by atoms with van der Waals surface area (Å²) in [6, 6.07) is 11.2. The lowest BCUT2D eigenvalue weighted by Crippen LogP contribution is -2.26. The largest absolute Gasteiger partial charge is 0.486 e. The van der Waals surface area contributed by atoms with Crippen LogP contribution in [0.1, 0.15) is 28.9 Å². The molecule has 0 bridgehead atoms. The van der Waals surface area contributed by atoms with Crippen LogP contribution in [0.5, 0.6) is 11.5 Å². The van der Waals surface area contributed by atoms with E-state index in [1.807, 2.05) is 25.1 Å². The second-order valence-electron chi connectivity index (χ2n) is 5.89. The minimum absolute atomic E-state index is 0.184. The first-order chi connectivity index (χ1) is 11.8. The summed E-state index contributed by atoms with van der Waals surface area (Å²) in [6.07, 6.45) is 1.13. The molecule has 7 heteroatoms. The van der Waals surface area contributed by atoms with Gasteiger partial charge in [0.2, 0.25) is 0 Å². The number of hydrogen-bond donors (Lipinski definition) is 1. The Balaban J connectivity index is 1.72. The lowest BCUT2D eigenvalue weighted by atomic mass is 10.1. The molecule has 0 saturated carbocycles. The molecule has 2 aromatic rings. The number of amides is 1. The van der Waals surface area contributed by atoms with Crippen molar-refractivity contribution in [3.05, 3.63) is 53.6 Å². The van der Waals surface area contributed by atoms with Crippen molar-refractivity contribution < 1.29 is 22.7 Å². The SMILES string of the molecule is CC(NC(=O)c1ccc(S(C)(=O)=O)cc1)c1ccc2c(c1)OCCO2. The smallest absolute Gasteiger partial charge is 0.251 e. The summed E-state index contributed by atoms with van der Waals surface area (Å²) in [5, 5.41) is 2.89. The Morgan fingerprint density at radius 1 is 1.04 bits per heavy atom. The van der Waals surface area contributed by atoms with Gasteiger partial charge in [0.25, 0.3) is 5.91 Å². The highest BCUT2D eigenvalue weighted by atomic mass is 32.2. The molecule has 0 radical (unpaired) electrons. The monoisotopic (exact) mass is 361 g/mol. The van der Waals surface area contributed by atoms with Crippen LogP contribution in [0, 0.1) is 0 Å². The summed E-state index contributed by atoms with van der Waals surface area (Å²) in [6.45, 7) is 2.90. The highest BCUT2D eigenvalue weighted by Gasteiger charge is 2.17. The van der Waals surface area contributed by atoms with Crippen LogP contribution in [0.2, 0.25) is 0 Å². The molecule has 1 aliphatic rings. The molecule has 2 aromatic carbocycles. The molecular weight excluding hydrogens is 342 g/mol. The van der Waals surface area contributed by atoms with Gasteiger partial charge in [-0.05, 0) is 48.9 Å². The van der Waals surface area contributed by atoms with Crippen molar-refractivity contribution in [2.45, 2.75) is 17.9 Å². The second kappa shape index (κ2) is 6.76. The summed E-state index contributed by atoms with van der Waals surface area (Å²) >= 11 is 0. The number of sulfone groups is 1. The Labute approximate surface area is 146 Å². The van der Waals surface area contributed by atoms with Gasteiger partial charge in [0.1, 0.15) is 13.2 Å². The van der Waals surface area contributed by atoms with Crippen molar-refractivity contribution in [3.63, 3.8) is 0 Å². The number of hydrogen-bond acceptors (Lipinski definition) is 5. The van der Waals surface area contributed by atoms with Crippen molar-refractivity contribution >= 4 is 15.7 Å². The molecule has 1 amide bonds. The summed E-state index contributed by atoms with van der Waals surface area (Å²) in [5.41, 5.74) is 1.29. The van der Waals surface area contributed by atoms with Crippen molar-refractivity contribution in [1.82, 2.24) is 5.32 Å². The quantitative estimate of drug-likeness (QED) is 0.904. The molecule has 1 heterocycles. The van der Waals surface area contributed by atoms with Crippen molar-refractivity contribution in [2.75, 3.05) is 19.5 Å². The van der Waals surface area contributed by atoms with Crippen LogP contribution in [0.4, 0.5) is 0 Å². The fourth-order valence-electron chi connectivity index (χ4n) is 2.55. The Hall–Kier alpha value is -2.54. The number of carbonyl (C=O) groups is 1. The third-order valence-corrected chi connectivity index (χ3v) is 5.09. The molecule has 1 aliphatic heterocycles. The molecule has 0 saturated heterocycles. The van der Waals surface area contributed by atoms with Crippen LogP contribution < -0.4 is 14.8 Å². The van der Waals surface area contributed by atoms with E-state index in [1.165, 1.54) is 24.3 Å². The zero-order chi connectivity index (χ0) is 18.0. The van der Waals surface area contributed by atoms with Crippen LogP contribution in [0.25, 0.3) is 0 Å². The van der Waals surface area contributed by atoms with E-state index < -0.39 is 9.84 Å². The van der Waals surface area contributed by atoms with Gasteiger partial charge >= 0.3 is 0 Å². The number of nitrogens with one attached hydrogen (secondary N) is 1. The first-order valence-electron chi connectivity index (χ1n) is 7.85. The van der Waals surface area contributed by atoms with E-state index in [0.717, 1.165) is 11.8 Å². The summed E-state index contributed by atoms with van der Waals surface area (Å²) in [7, 11) is -3.28. The van der Waals surface area contributed by atoms with E-state index >= 15 is 0 Å². The fraction of sp³-hybridized carbons (Fsp3) is 0.278. The van der Waals surface area contributed by atoms with E-state index in [1.54, 1.807) is 0 Å². The maximum Gasteiger partial charge on any atom is 0.251 e. The van der Waals surface area contributed by atoms with Gasteiger partial charge < -0.3 is 14.8 Å². The molecule has 132 valence electrons. The second-order valence-corrected chi connectivity index (χ2v) is 7.91. The van der Waals surface area contributed by atoms with Crippen molar-refractivity contribution in [2.24, 2.45) is 0 Å². The van der Waals surface area contributed by atoms with Crippen molar-refractivity contribution in [3.8, 4) is 11.5 Å². The molecule has 0 fully saturated rings. The topological polar surface area (TPSA) is 81.7 Å². The zero-order valence-electron chi connectivity index (χ0n) is 14.0. The maximum atomic E-state index is 12.4. The van der Waals surface area contributed by atoms with Gasteiger partial charge in [0.15, 0.2) is 21.3 Å². The molecule has 6 nitrogen and oxygen atoms in total. The van der Waals surface area contributed by atoms with Gasteiger partial charge in [-0.25, -0.2) is 8.42 Å². The molecule has 0 spiro atoms. The Kier molecular flexibility index (Phi) is 4.67. The van der Waals surface area contributed by atoms with E-state index in [2.05, 4.69) is 5.32 Å². The van der Waals surface area contributed by atoms with Gasteiger partial charge in [-0.2, -0.15) is 0 Å². The van der Waals surface area contributed by atoms with Gasteiger partial charge in [0, 0.05) is 11.8 Å². The van der Waals surface area contributed by atoms with Crippen LogP contribution in [-0.4, -0.2) is 33.8 Å². The van der Waals surface area contributed by atoms with Gasteiger partial charge in [0.05, 0.1) is 10.9 Å². The molecule has 0 aromatic heterocycles. The summed E-state index contributed by atoms with van der Waals surface area (Å²) < 4.78 is 34.0. The number of benzene rings is 2. The first kappa shape index (κ1) is 17.3. The van der Waals surface area contributed by atoms with E-state index in [9.17, 15) is 13.2 Å². The van der Waals surface area contributed by atoms with Crippen LogP contribution >= 0.6 is 0 Å². The first-order valence-corrected chi connectivity index (χ1v) is 9.74. The van der Waals surface area contributed by atoms with E-state index in [0.29, 0.717) is 30.3 Å². The lowest BCUT2D eigenvalue weighted by Gasteiger charge is -2.21. The third kappa shape index (κ3) is 3.93. The number of rotatable bonds is 4. The van der Waals surface area contributed by atoms with Gasteiger partial charge in [-0.15, -0.1) is 0 Å². The Morgan fingerprint density at radius 2 is 1.68 bits per heavy atom. The normalized spacial score (nSPS) is 14.6. The van der Waals surface area contributed by atoms with E-state index in [-0.39, 0.29) is 16.8 Å². The molecule has 1 unspecified atom stereocenters. The minimum atomic E-state index is -3.28. The van der Waals surface area contributed by atoms with E-state index in [4.69, 9.17) is 9.47 Å². The Morgan fingerprint density at radius 3 is 2.32 bits per heavy atom. The predicted octanol–water partition coefficient (Wildman–Crippen LogP) is 2.35. The van der Waals surface area contributed by atoms with Crippen LogP contribution in [0.15, 0.2) is 47.4 Å². The fourth-order valence-corrected chi connectivity index (χ4v) is 3.18. The summed E-state index contributed by atoms with van der Waals surface area (Å²) in [5.74, 6) is 1.09. The molecule has 25 heavy (non-hydrogen) atoms. The highest BCUT2D eigenvalue weighted by Crippen LogP contribution is 2.32. The minimum Gasteiger partial charge on any atom is -0.486 e. The zero-order valence-corrected chi connectivity index (χ0v) is 14.8. The Bertz CT molecular complexity index is 890. The average molecular weight is 361 g/mol. The number of carbonyl (C=O) groups excluding carboxylic acids is 1. The average Bonchev–Trinajstić information content (AvgIpc) is 2.60. The highest BCUT2D eigenvalue weighted by molar-refractivity contribution is 7.90. The number of ether oxygens (including phenoxy) is 2. The maximum absolute atomic E-state index is 12.4. The van der Waals surface area contributed by atoms with Crippen molar-refractivity contribution in [1.29, 1.82) is 0 Å².